The van der Waals surface area contributed by atoms with E-state index in [0.717, 1.165) is 72.8 Å². The first-order valence-electron chi connectivity index (χ1n) is 13.0. The maximum absolute atomic E-state index is 13.6. The number of carbonyl (C=O) groups excluding carboxylic acids is 1. The van der Waals surface area contributed by atoms with Gasteiger partial charge in [-0.2, -0.15) is 0 Å². The quantitative estimate of drug-likeness (QED) is 0.469. The van der Waals surface area contributed by atoms with Crippen LogP contribution in [0.25, 0.3) is 21.5 Å². The Labute approximate surface area is 216 Å². The number of methoxy groups -OCH3 is 1. The minimum atomic E-state index is -0.912. The molecule has 1 saturated heterocycles. The molecule has 7 nitrogen and oxygen atoms in total. The Morgan fingerprint density at radius 2 is 1.75 bits per heavy atom. The summed E-state index contributed by atoms with van der Waals surface area (Å²) in [6, 6.07) is 9.80. The number of carbonyl (C=O) groups is 2. The third-order valence-corrected chi connectivity index (χ3v) is 8.97. The van der Waals surface area contributed by atoms with Crippen molar-refractivity contribution in [3.63, 3.8) is 0 Å². The molecule has 1 aliphatic heterocycles. The largest absolute Gasteiger partial charge is 0.497 e. The highest BCUT2D eigenvalue weighted by Gasteiger charge is 2.30. The van der Waals surface area contributed by atoms with Gasteiger partial charge in [-0.15, -0.1) is 11.3 Å². The summed E-state index contributed by atoms with van der Waals surface area (Å²) >= 11 is 1.35. The SMILES string of the molecule is CCN1CCN(C(=O)Cn2c(-c3ccc(OC)cc3)c(C3CCCCC3)c3sc(C(=O)O)cc32)CC1. The minimum Gasteiger partial charge on any atom is -0.497 e. The molecule has 0 unspecified atom stereocenters. The van der Waals surface area contributed by atoms with Crippen LogP contribution in [-0.2, 0) is 11.3 Å². The highest BCUT2D eigenvalue weighted by atomic mass is 32.1. The summed E-state index contributed by atoms with van der Waals surface area (Å²) in [6.07, 6.45) is 5.78. The molecule has 1 aliphatic carbocycles. The number of carboxylic acids is 1. The van der Waals surface area contributed by atoms with Crippen molar-refractivity contribution in [2.45, 2.75) is 51.5 Å². The number of benzene rings is 1. The number of likely N-dealkylation sites (N-methyl/N-ethyl adjacent to an activating group) is 1. The Balaban J connectivity index is 1.62. The van der Waals surface area contributed by atoms with Crippen molar-refractivity contribution in [2.75, 3.05) is 39.8 Å². The van der Waals surface area contributed by atoms with Crippen LogP contribution in [0.15, 0.2) is 30.3 Å². The molecule has 0 bridgehead atoms. The molecule has 0 spiro atoms. The second-order valence-corrected chi connectivity index (χ2v) is 10.9. The summed E-state index contributed by atoms with van der Waals surface area (Å²) in [6.45, 7) is 6.61. The van der Waals surface area contributed by atoms with Crippen LogP contribution in [0.1, 0.15) is 60.2 Å². The van der Waals surface area contributed by atoms with Crippen LogP contribution < -0.4 is 4.74 Å². The zero-order valence-corrected chi connectivity index (χ0v) is 22.0. The van der Waals surface area contributed by atoms with Gasteiger partial charge >= 0.3 is 5.97 Å². The number of hydrogen-bond acceptors (Lipinski definition) is 5. The van der Waals surface area contributed by atoms with E-state index in [4.69, 9.17) is 4.74 Å². The smallest absolute Gasteiger partial charge is 0.345 e. The Bertz CT molecular complexity index is 1230. The van der Waals surface area contributed by atoms with E-state index in [1.807, 2.05) is 17.0 Å². The van der Waals surface area contributed by atoms with E-state index in [2.05, 4.69) is 28.5 Å². The van der Waals surface area contributed by atoms with Gasteiger partial charge in [0, 0.05) is 26.2 Å². The first-order valence-corrected chi connectivity index (χ1v) is 13.9. The summed E-state index contributed by atoms with van der Waals surface area (Å²) < 4.78 is 8.51. The molecular formula is C28H35N3O4S. The Kier molecular flexibility index (Phi) is 7.34. The van der Waals surface area contributed by atoms with Crippen LogP contribution in [-0.4, -0.2) is 71.2 Å². The standard InChI is InChI=1S/C28H35N3O4S/c1-3-29-13-15-30(16-14-29)24(32)18-31-22-17-23(28(33)34)36-27(22)25(19-7-5-4-6-8-19)26(31)20-9-11-21(35-2)12-10-20/h9-12,17,19H,3-8,13-16,18H2,1-2H3,(H,33,34). The van der Waals surface area contributed by atoms with Crippen LogP contribution in [0, 0.1) is 0 Å². The summed E-state index contributed by atoms with van der Waals surface area (Å²) in [5, 5.41) is 9.78. The first kappa shape index (κ1) is 24.8. The van der Waals surface area contributed by atoms with Crippen molar-refractivity contribution in [1.29, 1.82) is 0 Å². The summed E-state index contributed by atoms with van der Waals surface area (Å²) in [7, 11) is 1.66. The van der Waals surface area contributed by atoms with Gasteiger partial charge in [0.2, 0.25) is 5.91 Å². The molecule has 1 saturated carbocycles. The number of nitrogens with zero attached hydrogens (tertiary/aromatic N) is 3. The predicted octanol–water partition coefficient (Wildman–Crippen LogP) is 5.29. The van der Waals surface area contributed by atoms with Crippen LogP contribution in [0.5, 0.6) is 5.75 Å². The molecule has 0 atom stereocenters. The number of hydrogen-bond donors (Lipinski definition) is 1. The van der Waals surface area contributed by atoms with E-state index in [1.54, 1.807) is 13.2 Å². The molecule has 36 heavy (non-hydrogen) atoms. The number of carboxylic acid groups (broad SMARTS) is 1. The monoisotopic (exact) mass is 509 g/mol. The summed E-state index contributed by atoms with van der Waals surface area (Å²) in [4.78, 5) is 30.1. The van der Waals surface area contributed by atoms with Gasteiger partial charge in [-0.1, -0.05) is 26.2 Å². The highest BCUT2D eigenvalue weighted by molar-refractivity contribution is 7.21. The number of aromatic nitrogens is 1. The molecule has 1 aromatic carbocycles. The van der Waals surface area contributed by atoms with Crippen molar-refractivity contribution in [3.8, 4) is 17.0 Å². The zero-order valence-electron chi connectivity index (χ0n) is 21.2. The van der Waals surface area contributed by atoms with Gasteiger partial charge < -0.3 is 24.2 Å². The van der Waals surface area contributed by atoms with Gasteiger partial charge in [0.05, 0.1) is 23.0 Å². The van der Waals surface area contributed by atoms with Crippen molar-refractivity contribution in [3.05, 3.63) is 40.8 Å². The second-order valence-electron chi connectivity index (χ2n) is 9.86. The lowest BCUT2D eigenvalue weighted by molar-refractivity contribution is -0.133. The normalized spacial score (nSPS) is 17.6. The third-order valence-electron chi connectivity index (χ3n) is 7.83. The molecule has 0 radical (unpaired) electrons. The van der Waals surface area contributed by atoms with Crippen molar-refractivity contribution >= 4 is 33.4 Å². The molecule has 8 heteroatoms. The fourth-order valence-electron chi connectivity index (χ4n) is 5.80. The van der Waals surface area contributed by atoms with Crippen LogP contribution in [0.2, 0.25) is 0 Å². The van der Waals surface area contributed by atoms with E-state index < -0.39 is 5.97 Å². The zero-order chi connectivity index (χ0) is 25.2. The van der Waals surface area contributed by atoms with Crippen molar-refractivity contribution in [1.82, 2.24) is 14.4 Å². The number of ether oxygens (including phenoxy) is 1. The maximum atomic E-state index is 13.6. The average Bonchev–Trinajstić information content (AvgIpc) is 3.47. The van der Waals surface area contributed by atoms with E-state index in [-0.39, 0.29) is 12.5 Å². The van der Waals surface area contributed by atoms with Gasteiger partial charge in [-0.25, -0.2) is 4.79 Å². The van der Waals surface area contributed by atoms with E-state index in [0.29, 0.717) is 10.8 Å². The Morgan fingerprint density at radius 1 is 1.06 bits per heavy atom. The number of aromatic carboxylic acids is 1. The van der Waals surface area contributed by atoms with Crippen LogP contribution >= 0.6 is 11.3 Å². The van der Waals surface area contributed by atoms with E-state index in [1.165, 1.54) is 36.2 Å². The maximum Gasteiger partial charge on any atom is 0.345 e. The van der Waals surface area contributed by atoms with E-state index >= 15 is 0 Å². The lowest BCUT2D eigenvalue weighted by Crippen LogP contribution is -2.49. The number of amides is 1. The van der Waals surface area contributed by atoms with Crippen molar-refractivity contribution in [2.24, 2.45) is 0 Å². The molecule has 192 valence electrons. The highest BCUT2D eigenvalue weighted by Crippen LogP contribution is 2.47. The van der Waals surface area contributed by atoms with Gasteiger partial charge in [-0.05, 0) is 66.8 Å². The van der Waals surface area contributed by atoms with Crippen LogP contribution in [0.4, 0.5) is 0 Å². The molecule has 3 aromatic rings. The van der Waals surface area contributed by atoms with Gasteiger partial charge in [0.25, 0.3) is 0 Å². The fourth-order valence-corrected chi connectivity index (χ4v) is 6.92. The second kappa shape index (κ2) is 10.6. The molecule has 3 heterocycles. The minimum absolute atomic E-state index is 0.0932. The molecule has 2 aliphatic rings. The van der Waals surface area contributed by atoms with Gasteiger partial charge in [-0.3, -0.25) is 4.79 Å². The molecule has 1 N–H and O–H groups in total. The number of piperazine rings is 1. The molecule has 2 fully saturated rings. The Morgan fingerprint density at radius 3 is 2.36 bits per heavy atom. The number of rotatable bonds is 7. The third kappa shape index (κ3) is 4.76. The lowest BCUT2D eigenvalue weighted by atomic mass is 9.83. The lowest BCUT2D eigenvalue weighted by Gasteiger charge is -2.34. The van der Waals surface area contributed by atoms with Gasteiger partial charge in [0.1, 0.15) is 17.2 Å². The van der Waals surface area contributed by atoms with Crippen molar-refractivity contribution < 1.29 is 19.4 Å². The molecule has 2 aromatic heterocycles. The molecule has 5 rings (SSSR count). The Hall–Kier alpha value is -2.84. The first-order chi connectivity index (χ1) is 17.5. The predicted molar refractivity (Wildman–Crippen MR) is 143 cm³/mol. The molecule has 1 amide bonds. The van der Waals surface area contributed by atoms with Crippen LogP contribution in [0.3, 0.4) is 0 Å². The fraction of sp³-hybridized carbons (Fsp3) is 0.500. The number of thiophene rings is 1. The topological polar surface area (TPSA) is 75.0 Å². The average molecular weight is 510 g/mol. The summed E-state index contributed by atoms with van der Waals surface area (Å²) in [5.41, 5.74) is 4.18. The molecular weight excluding hydrogens is 474 g/mol. The summed E-state index contributed by atoms with van der Waals surface area (Å²) in [5.74, 6) is 0.333. The number of fused-ring (bicyclic) bond motifs is 1. The van der Waals surface area contributed by atoms with Gasteiger partial charge in [0.15, 0.2) is 0 Å². The van der Waals surface area contributed by atoms with E-state index in [9.17, 15) is 14.7 Å².